The molecule has 1 heterocycles. The van der Waals surface area contributed by atoms with Gasteiger partial charge in [-0.25, -0.2) is 0 Å². The first-order chi connectivity index (χ1) is 8.67. The molecule has 0 radical (unpaired) electrons. The van der Waals surface area contributed by atoms with E-state index in [1.807, 2.05) is 0 Å². The van der Waals surface area contributed by atoms with Gasteiger partial charge in [0.05, 0.1) is 11.7 Å². The summed E-state index contributed by atoms with van der Waals surface area (Å²) in [6.45, 7) is 4.30. The molecule has 0 N–H and O–H groups in total. The molecule has 0 amide bonds. The number of rotatable bonds is 2. The van der Waals surface area contributed by atoms with Crippen molar-refractivity contribution in [3.63, 3.8) is 0 Å². The standard InChI is InChI=1S/C17H18O/c1-17(2)15-11-7-6-10-14(15)16(18-17)12-13-8-4-3-5-9-13/h3-11,16H,12H2,1-2H3/t16-/m1/s1. The first kappa shape index (κ1) is 11.5. The first-order valence-electron chi connectivity index (χ1n) is 6.48. The van der Waals surface area contributed by atoms with Gasteiger partial charge in [0.25, 0.3) is 0 Å². The van der Waals surface area contributed by atoms with Gasteiger partial charge in [-0.2, -0.15) is 0 Å². The van der Waals surface area contributed by atoms with Crippen LogP contribution in [0.5, 0.6) is 0 Å². The van der Waals surface area contributed by atoms with E-state index in [9.17, 15) is 0 Å². The van der Waals surface area contributed by atoms with Gasteiger partial charge in [0.15, 0.2) is 0 Å². The van der Waals surface area contributed by atoms with E-state index in [0.717, 1.165) is 6.42 Å². The van der Waals surface area contributed by atoms with Gasteiger partial charge >= 0.3 is 0 Å². The molecule has 0 aliphatic carbocycles. The summed E-state index contributed by atoms with van der Waals surface area (Å²) in [5, 5.41) is 0. The maximum absolute atomic E-state index is 6.22. The van der Waals surface area contributed by atoms with Crippen molar-refractivity contribution in [2.75, 3.05) is 0 Å². The molecule has 1 atom stereocenters. The molecule has 0 spiro atoms. The highest BCUT2D eigenvalue weighted by molar-refractivity contribution is 5.38. The third-order valence-corrected chi connectivity index (χ3v) is 3.66. The van der Waals surface area contributed by atoms with Crippen molar-refractivity contribution < 1.29 is 4.74 Å². The number of hydrogen-bond donors (Lipinski definition) is 0. The summed E-state index contributed by atoms with van der Waals surface area (Å²) in [5.41, 5.74) is 3.82. The Morgan fingerprint density at radius 3 is 2.39 bits per heavy atom. The fourth-order valence-electron chi connectivity index (χ4n) is 2.79. The smallest absolute Gasteiger partial charge is 0.0887 e. The van der Waals surface area contributed by atoms with Gasteiger partial charge in [0.2, 0.25) is 0 Å². The fourth-order valence-corrected chi connectivity index (χ4v) is 2.79. The molecule has 18 heavy (non-hydrogen) atoms. The van der Waals surface area contributed by atoms with Crippen molar-refractivity contribution in [1.29, 1.82) is 0 Å². The average Bonchev–Trinajstić information content (AvgIpc) is 2.63. The highest BCUT2D eigenvalue weighted by Crippen LogP contribution is 2.44. The zero-order valence-corrected chi connectivity index (χ0v) is 10.9. The van der Waals surface area contributed by atoms with E-state index in [4.69, 9.17) is 4.74 Å². The molecule has 0 aromatic heterocycles. The Bertz CT molecular complexity index is 543. The van der Waals surface area contributed by atoms with Gasteiger partial charge in [-0.1, -0.05) is 54.6 Å². The predicted molar refractivity (Wildman–Crippen MR) is 73.4 cm³/mol. The minimum Gasteiger partial charge on any atom is -0.363 e. The van der Waals surface area contributed by atoms with Crippen LogP contribution in [0.1, 0.15) is 36.6 Å². The second-order valence-corrected chi connectivity index (χ2v) is 5.39. The highest BCUT2D eigenvalue weighted by Gasteiger charge is 2.37. The Labute approximate surface area is 108 Å². The number of benzene rings is 2. The topological polar surface area (TPSA) is 9.23 Å². The van der Waals surface area contributed by atoms with Crippen LogP contribution in [0.3, 0.4) is 0 Å². The highest BCUT2D eigenvalue weighted by atomic mass is 16.5. The molecule has 2 aromatic rings. The monoisotopic (exact) mass is 238 g/mol. The van der Waals surface area contributed by atoms with Crippen molar-refractivity contribution in [2.24, 2.45) is 0 Å². The van der Waals surface area contributed by atoms with Crippen molar-refractivity contribution in [2.45, 2.75) is 32.0 Å². The summed E-state index contributed by atoms with van der Waals surface area (Å²) in [7, 11) is 0. The minimum atomic E-state index is -0.171. The third-order valence-electron chi connectivity index (χ3n) is 3.66. The summed E-state index contributed by atoms with van der Waals surface area (Å²) in [4.78, 5) is 0. The van der Waals surface area contributed by atoms with Gasteiger partial charge in [0.1, 0.15) is 0 Å². The van der Waals surface area contributed by atoms with E-state index in [1.165, 1.54) is 16.7 Å². The van der Waals surface area contributed by atoms with Crippen LogP contribution in [-0.4, -0.2) is 0 Å². The molecule has 0 saturated heterocycles. The fraction of sp³-hybridized carbons (Fsp3) is 0.294. The van der Waals surface area contributed by atoms with Crippen LogP contribution in [0, 0.1) is 0 Å². The first-order valence-corrected chi connectivity index (χ1v) is 6.48. The predicted octanol–water partition coefficient (Wildman–Crippen LogP) is 4.24. The van der Waals surface area contributed by atoms with Gasteiger partial charge in [-0.15, -0.1) is 0 Å². The van der Waals surface area contributed by atoms with E-state index in [1.54, 1.807) is 0 Å². The number of ether oxygens (including phenoxy) is 1. The molecule has 0 unspecified atom stereocenters. The minimum absolute atomic E-state index is 0.171. The summed E-state index contributed by atoms with van der Waals surface area (Å²) in [6, 6.07) is 19.1. The number of fused-ring (bicyclic) bond motifs is 1. The molecule has 0 bridgehead atoms. The third kappa shape index (κ3) is 1.95. The molecule has 2 aromatic carbocycles. The van der Waals surface area contributed by atoms with E-state index in [0.29, 0.717) is 0 Å². The van der Waals surface area contributed by atoms with Gasteiger partial charge in [-0.05, 0) is 30.5 Å². The van der Waals surface area contributed by atoms with Crippen LogP contribution in [0.15, 0.2) is 54.6 Å². The van der Waals surface area contributed by atoms with E-state index < -0.39 is 0 Å². The lowest BCUT2D eigenvalue weighted by molar-refractivity contribution is -0.0515. The summed E-state index contributed by atoms with van der Waals surface area (Å²) >= 11 is 0. The Balaban J connectivity index is 1.92. The molecule has 1 aliphatic rings. The van der Waals surface area contributed by atoms with Gasteiger partial charge < -0.3 is 4.74 Å². The van der Waals surface area contributed by atoms with Crippen LogP contribution in [-0.2, 0) is 16.8 Å². The van der Waals surface area contributed by atoms with Crippen molar-refractivity contribution in [1.82, 2.24) is 0 Å². The molecular formula is C17H18O. The van der Waals surface area contributed by atoms with Crippen molar-refractivity contribution >= 4 is 0 Å². The lowest BCUT2D eigenvalue weighted by Crippen LogP contribution is -2.16. The zero-order chi connectivity index (χ0) is 12.6. The number of hydrogen-bond acceptors (Lipinski definition) is 1. The van der Waals surface area contributed by atoms with Crippen LogP contribution < -0.4 is 0 Å². The molecule has 0 saturated carbocycles. The lowest BCUT2D eigenvalue weighted by atomic mass is 9.93. The largest absolute Gasteiger partial charge is 0.363 e. The van der Waals surface area contributed by atoms with E-state index >= 15 is 0 Å². The molecule has 3 rings (SSSR count). The SMILES string of the molecule is CC1(C)O[C@H](Cc2ccccc2)c2ccccc21. The maximum Gasteiger partial charge on any atom is 0.0887 e. The molecule has 0 fully saturated rings. The second kappa shape index (κ2) is 4.25. The molecule has 92 valence electrons. The van der Waals surface area contributed by atoms with Gasteiger partial charge in [-0.3, -0.25) is 0 Å². The summed E-state index contributed by atoms with van der Waals surface area (Å²) in [5.74, 6) is 0. The van der Waals surface area contributed by atoms with Crippen LogP contribution in [0.2, 0.25) is 0 Å². The van der Waals surface area contributed by atoms with Crippen LogP contribution >= 0.6 is 0 Å². The Hall–Kier alpha value is -1.60. The normalized spacial score (nSPS) is 20.7. The quantitative estimate of drug-likeness (QED) is 0.760. The van der Waals surface area contributed by atoms with E-state index in [-0.39, 0.29) is 11.7 Å². The molecule has 1 heteroatoms. The van der Waals surface area contributed by atoms with Crippen LogP contribution in [0.25, 0.3) is 0 Å². The zero-order valence-electron chi connectivity index (χ0n) is 10.9. The second-order valence-electron chi connectivity index (χ2n) is 5.39. The van der Waals surface area contributed by atoms with Gasteiger partial charge in [0, 0.05) is 6.42 Å². The van der Waals surface area contributed by atoms with Crippen molar-refractivity contribution in [3.8, 4) is 0 Å². The van der Waals surface area contributed by atoms with E-state index in [2.05, 4.69) is 68.4 Å². The molecule has 1 nitrogen and oxygen atoms in total. The summed E-state index contributed by atoms with van der Waals surface area (Å²) < 4.78 is 6.22. The molecule has 1 aliphatic heterocycles. The average molecular weight is 238 g/mol. The molecular weight excluding hydrogens is 220 g/mol. The van der Waals surface area contributed by atoms with Crippen LogP contribution in [0.4, 0.5) is 0 Å². The lowest BCUT2D eigenvalue weighted by Gasteiger charge is -2.20. The van der Waals surface area contributed by atoms with Crippen molar-refractivity contribution in [3.05, 3.63) is 71.3 Å². The Morgan fingerprint density at radius 1 is 0.944 bits per heavy atom. The Kier molecular flexibility index (Phi) is 2.71. The summed E-state index contributed by atoms with van der Waals surface area (Å²) in [6.07, 6.45) is 1.12. The Morgan fingerprint density at radius 2 is 1.61 bits per heavy atom. The maximum atomic E-state index is 6.22.